The Hall–Kier alpha value is -4.47. The first-order valence-corrected chi connectivity index (χ1v) is 14.9. The minimum Gasteiger partial charge on any atom is -0.309 e. The van der Waals surface area contributed by atoms with Crippen molar-refractivity contribution in [1.82, 2.24) is 0 Å². The molecular weight excluding hydrogens is 506 g/mol. The van der Waals surface area contributed by atoms with Crippen molar-refractivity contribution in [1.29, 1.82) is 0 Å². The van der Waals surface area contributed by atoms with Crippen LogP contribution in [0.1, 0.15) is 25.0 Å². The lowest BCUT2D eigenvalue weighted by Gasteiger charge is -2.42. The second-order valence-corrected chi connectivity index (χ2v) is 12.6. The zero-order valence-electron chi connectivity index (χ0n) is 22.4. The third-order valence-electron chi connectivity index (χ3n) is 8.64. The zero-order chi connectivity index (χ0) is 27.0. The van der Waals surface area contributed by atoms with E-state index in [1.165, 1.54) is 44.5 Å². The molecule has 0 amide bonds. The molecule has 2 aliphatic rings. The number of fused-ring (bicyclic) bond motifs is 6. The van der Waals surface area contributed by atoms with Gasteiger partial charge >= 0.3 is 0 Å². The second-order valence-electron chi connectivity index (χ2n) is 11.1. The van der Waals surface area contributed by atoms with Gasteiger partial charge in [0.05, 0.1) is 37.7 Å². The van der Waals surface area contributed by atoms with E-state index in [9.17, 15) is 4.21 Å². The van der Waals surface area contributed by atoms with Crippen LogP contribution in [0.3, 0.4) is 0 Å². The molecule has 2 aliphatic heterocycles. The third-order valence-corrected chi connectivity index (χ3v) is 10.2. The van der Waals surface area contributed by atoms with Crippen LogP contribution in [0, 0.1) is 0 Å². The molecule has 0 saturated carbocycles. The number of hydrogen-bond acceptors (Lipinski definition) is 2. The first kappa shape index (κ1) is 23.4. The molecule has 0 bridgehead atoms. The number of hydrogen-bond donors (Lipinski definition) is 0. The predicted molar refractivity (Wildman–Crippen MR) is 166 cm³/mol. The Labute approximate surface area is 237 Å². The van der Waals surface area contributed by atoms with Crippen LogP contribution in [-0.2, 0) is 16.2 Å². The average molecular weight is 534 g/mol. The van der Waals surface area contributed by atoms with Gasteiger partial charge in [-0.05, 0) is 69.6 Å². The van der Waals surface area contributed by atoms with E-state index in [1.807, 2.05) is 24.3 Å². The maximum absolute atomic E-state index is 13.1. The van der Waals surface area contributed by atoms with Crippen LogP contribution in [0.4, 0.5) is 17.1 Å². The van der Waals surface area contributed by atoms with E-state index in [0.717, 1.165) is 26.5 Å². The molecular formula is C37H27NOS. The van der Waals surface area contributed by atoms with Gasteiger partial charge in [-0.25, -0.2) is 4.21 Å². The van der Waals surface area contributed by atoms with Gasteiger partial charge in [0.2, 0.25) is 0 Å². The summed E-state index contributed by atoms with van der Waals surface area (Å²) in [7, 11) is -1.13. The lowest BCUT2D eigenvalue weighted by atomic mass is 9.73. The molecule has 0 aromatic heterocycles. The van der Waals surface area contributed by atoms with Crippen LogP contribution in [0.5, 0.6) is 0 Å². The fourth-order valence-corrected chi connectivity index (χ4v) is 8.08. The van der Waals surface area contributed by atoms with E-state index >= 15 is 0 Å². The SMILES string of the molecule is CC1(C)c2ccccc2N(c2cccc3c(-c4ccc5c(c4)-c4ccccc4S5=O)cccc23)c2ccccc21. The maximum atomic E-state index is 13.1. The Morgan fingerprint density at radius 3 is 1.88 bits per heavy atom. The number of para-hydroxylation sites is 2. The summed E-state index contributed by atoms with van der Waals surface area (Å²) >= 11 is 0. The zero-order valence-corrected chi connectivity index (χ0v) is 23.2. The predicted octanol–water partition coefficient (Wildman–Crippen LogP) is 9.76. The highest BCUT2D eigenvalue weighted by Gasteiger charge is 2.36. The van der Waals surface area contributed by atoms with E-state index in [0.29, 0.717) is 0 Å². The van der Waals surface area contributed by atoms with Crippen molar-refractivity contribution >= 4 is 38.6 Å². The molecule has 1 atom stereocenters. The van der Waals surface area contributed by atoms with Crippen LogP contribution >= 0.6 is 0 Å². The molecule has 6 aromatic carbocycles. The number of anilines is 3. The molecule has 0 fully saturated rings. The molecule has 192 valence electrons. The quantitative estimate of drug-likeness (QED) is 0.220. The van der Waals surface area contributed by atoms with E-state index in [1.54, 1.807) is 0 Å². The summed E-state index contributed by atoms with van der Waals surface area (Å²) in [6.45, 7) is 4.64. The van der Waals surface area contributed by atoms with E-state index < -0.39 is 10.8 Å². The molecule has 0 N–H and O–H groups in total. The highest BCUT2D eigenvalue weighted by molar-refractivity contribution is 7.85. The van der Waals surface area contributed by atoms with Crippen LogP contribution < -0.4 is 4.90 Å². The van der Waals surface area contributed by atoms with Crippen molar-refractivity contribution in [3.8, 4) is 22.3 Å². The Balaban J connectivity index is 1.35. The Morgan fingerprint density at radius 1 is 0.525 bits per heavy atom. The summed E-state index contributed by atoms with van der Waals surface area (Å²) in [5, 5.41) is 2.40. The maximum Gasteiger partial charge on any atom is 0.0862 e. The van der Waals surface area contributed by atoms with E-state index in [4.69, 9.17) is 0 Å². The van der Waals surface area contributed by atoms with Gasteiger partial charge in [-0.1, -0.05) is 105 Å². The van der Waals surface area contributed by atoms with Crippen molar-refractivity contribution < 1.29 is 4.21 Å². The van der Waals surface area contributed by atoms with Gasteiger partial charge in [-0.3, -0.25) is 0 Å². The minimum atomic E-state index is -1.13. The smallest absolute Gasteiger partial charge is 0.0862 e. The van der Waals surface area contributed by atoms with Gasteiger partial charge in [0.1, 0.15) is 0 Å². The van der Waals surface area contributed by atoms with Gasteiger partial charge in [-0.2, -0.15) is 0 Å². The molecule has 2 nitrogen and oxygen atoms in total. The van der Waals surface area contributed by atoms with Crippen molar-refractivity contribution in [2.45, 2.75) is 29.1 Å². The van der Waals surface area contributed by atoms with Gasteiger partial charge in [0.15, 0.2) is 0 Å². The number of benzene rings is 6. The molecule has 40 heavy (non-hydrogen) atoms. The van der Waals surface area contributed by atoms with Gasteiger partial charge < -0.3 is 4.90 Å². The summed E-state index contributed by atoms with van der Waals surface area (Å²) in [5.74, 6) is 0. The number of rotatable bonds is 2. The summed E-state index contributed by atoms with van der Waals surface area (Å²) in [4.78, 5) is 4.24. The molecule has 3 heteroatoms. The van der Waals surface area contributed by atoms with Crippen molar-refractivity contribution in [2.24, 2.45) is 0 Å². The first-order valence-electron chi connectivity index (χ1n) is 13.7. The summed E-state index contributed by atoms with van der Waals surface area (Å²) < 4.78 is 13.1. The first-order chi connectivity index (χ1) is 19.5. The highest BCUT2D eigenvalue weighted by Crippen LogP contribution is 2.53. The van der Waals surface area contributed by atoms with Crippen LogP contribution in [-0.4, -0.2) is 4.21 Å². The van der Waals surface area contributed by atoms with Crippen LogP contribution in [0.25, 0.3) is 33.0 Å². The van der Waals surface area contributed by atoms with Gasteiger partial charge in [0.25, 0.3) is 0 Å². The molecule has 8 rings (SSSR count). The standard InChI is InChI=1S/C37H27NOS/c1-37(2)30-15-4-6-17-33(30)38(34-18-7-5-16-31(34)37)32-19-10-13-26-25(12-9-14-27(26)32)24-21-22-36-29(23-24)28-11-3-8-20-35(28)40(36)39/h3-23H,1-2H3. The van der Waals surface area contributed by atoms with E-state index in [-0.39, 0.29) is 5.41 Å². The molecule has 2 heterocycles. The van der Waals surface area contributed by atoms with Crippen LogP contribution in [0.2, 0.25) is 0 Å². The van der Waals surface area contributed by atoms with Crippen LogP contribution in [0.15, 0.2) is 137 Å². The lowest BCUT2D eigenvalue weighted by Crippen LogP contribution is -2.30. The molecule has 0 aliphatic carbocycles. The van der Waals surface area contributed by atoms with Gasteiger partial charge in [0, 0.05) is 16.4 Å². The fraction of sp³-hybridized carbons (Fsp3) is 0.0811. The normalized spacial score (nSPS) is 16.2. The van der Waals surface area contributed by atoms with Crippen molar-refractivity contribution in [3.05, 3.63) is 139 Å². The highest BCUT2D eigenvalue weighted by atomic mass is 32.2. The van der Waals surface area contributed by atoms with E-state index in [2.05, 4.69) is 122 Å². The molecule has 0 saturated heterocycles. The summed E-state index contributed by atoms with van der Waals surface area (Å²) in [5.41, 5.74) is 10.6. The average Bonchev–Trinajstić information content (AvgIpc) is 3.28. The number of nitrogens with zero attached hydrogens (tertiary/aromatic N) is 1. The fourth-order valence-electron chi connectivity index (χ4n) is 6.71. The Morgan fingerprint density at radius 2 is 1.10 bits per heavy atom. The largest absolute Gasteiger partial charge is 0.309 e. The molecule has 1 unspecified atom stereocenters. The molecule has 0 radical (unpaired) electrons. The summed E-state index contributed by atoms with van der Waals surface area (Å²) in [6.07, 6.45) is 0. The summed E-state index contributed by atoms with van der Waals surface area (Å²) in [6, 6.07) is 45.2. The lowest BCUT2D eigenvalue weighted by molar-refractivity contribution is 0.632. The molecule has 6 aromatic rings. The van der Waals surface area contributed by atoms with Crippen molar-refractivity contribution in [2.75, 3.05) is 4.90 Å². The topological polar surface area (TPSA) is 20.3 Å². The van der Waals surface area contributed by atoms with Crippen molar-refractivity contribution in [3.63, 3.8) is 0 Å². The Bertz CT molecular complexity index is 1970. The monoisotopic (exact) mass is 533 g/mol. The Kier molecular flexibility index (Phi) is 4.98. The van der Waals surface area contributed by atoms with Gasteiger partial charge in [-0.15, -0.1) is 0 Å². The minimum absolute atomic E-state index is 0.0970. The second kappa shape index (κ2) is 8.51. The molecule has 0 spiro atoms. The third kappa shape index (κ3) is 3.19.